The molecule has 0 fully saturated rings. The van der Waals surface area contributed by atoms with Crippen LogP contribution in [0.3, 0.4) is 0 Å². The van der Waals surface area contributed by atoms with E-state index in [1.165, 1.54) is 0 Å². The van der Waals surface area contributed by atoms with E-state index in [1.807, 2.05) is 0 Å². The molecular formula is C9H10. The first-order valence-corrected chi connectivity index (χ1v) is 3.41. The van der Waals surface area contributed by atoms with Gasteiger partial charge >= 0.3 is 0 Å². The second-order valence-corrected chi connectivity index (χ2v) is 2.06. The lowest BCUT2D eigenvalue weighted by molar-refractivity contribution is 0.904. The van der Waals surface area contributed by atoms with E-state index in [0.717, 1.165) is 32.1 Å². The monoisotopic (exact) mass is 118 g/mol. The lowest BCUT2D eigenvalue weighted by Gasteiger charge is -1.80. The van der Waals surface area contributed by atoms with Gasteiger partial charge in [-0.2, -0.15) is 0 Å². The molecule has 1 aliphatic carbocycles. The Labute approximate surface area is 56.7 Å². The Bertz CT molecular complexity index is 158. The highest BCUT2D eigenvalue weighted by atomic mass is 13.9. The van der Waals surface area contributed by atoms with Gasteiger partial charge in [-0.25, -0.2) is 0 Å². The number of hydrogen-bond acceptors (Lipinski definition) is 0. The van der Waals surface area contributed by atoms with Crippen LogP contribution in [0.2, 0.25) is 0 Å². The van der Waals surface area contributed by atoms with Gasteiger partial charge in [0.2, 0.25) is 0 Å². The van der Waals surface area contributed by atoms with Crippen LogP contribution in [0.25, 0.3) is 0 Å². The van der Waals surface area contributed by atoms with Gasteiger partial charge in [-0.05, 0) is 6.42 Å². The van der Waals surface area contributed by atoms with Gasteiger partial charge in [0.25, 0.3) is 0 Å². The Morgan fingerprint density at radius 2 is 1.00 bits per heavy atom. The van der Waals surface area contributed by atoms with Crippen molar-refractivity contribution in [1.82, 2.24) is 0 Å². The van der Waals surface area contributed by atoms with E-state index in [1.54, 1.807) is 0 Å². The second kappa shape index (κ2) is 4.04. The van der Waals surface area contributed by atoms with Crippen LogP contribution in [0.5, 0.6) is 0 Å². The van der Waals surface area contributed by atoms with Crippen molar-refractivity contribution in [2.24, 2.45) is 0 Å². The molecule has 0 nitrogen and oxygen atoms in total. The molecule has 0 heterocycles. The number of rotatable bonds is 0. The third-order valence-corrected chi connectivity index (χ3v) is 1.23. The minimum absolute atomic E-state index is 0.965. The summed E-state index contributed by atoms with van der Waals surface area (Å²) in [4.78, 5) is 0. The molecule has 0 saturated carbocycles. The molecule has 1 aliphatic rings. The van der Waals surface area contributed by atoms with E-state index in [2.05, 4.69) is 23.7 Å². The maximum atomic E-state index is 3.10. The molecule has 0 saturated heterocycles. The normalized spacial score (nSPS) is 16.9. The largest absolute Gasteiger partial charge is 0.103 e. The van der Waals surface area contributed by atoms with E-state index in [-0.39, 0.29) is 0 Å². The van der Waals surface area contributed by atoms with Crippen LogP contribution in [0.4, 0.5) is 0 Å². The average Bonchev–Trinajstić information content (AvgIpc) is 2.00. The van der Waals surface area contributed by atoms with Crippen LogP contribution in [-0.4, -0.2) is 0 Å². The SMILES string of the molecule is C1#CCCCC#CCC1. The van der Waals surface area contributed by atoms with Crippen molar-refractivity contribution >= 4 is 0 Å². The van der Waals surface area contributed by atoms with Gasteiger partial charge in [0.1, 0.15) is 0 Å². The third-order valence-electron chi connectivity index (χ3n) is 1.23. The van der Waals surface area contributed by atoms with Gasteiger partial charge in [0.05, 0.1) is 0 Å². The summed E-state index contributed by atoms with van der Waals surface area (Å²) in [5.41, 5.74) is 0. The molecule has 46 valence electrons. The fourth-order valence-corrected chi connectivity index (χ4v) is 0.744. The summed E-state index contributed by atoms with van der Waals surface area (Å²) in [6.07, 6.45) is 5.16. The zero-order valence-electron chi connectivity index (χ0n) is 5.54. The molecule has 9 heavy (non-hydrogen) atoms. The van der Waals surface area contributed by atoms with Gasteiger partial charge in [0, 0.05) is 25.7 Å². The minimum Gasteiger partial charge on any atom is -0.103 e. The van der Waals surface area contributed by atoms with Crippen molar-refractivity contribution in [3.05, 3.63) is 0 Å². The standard InChI is InChI=1S/C9H10/c1-2-4-6-8-9-7-5-3-1/h1-3,8-9H2. The zero-order chi connectivity index (χ0) is 6.36. The predicted octanol–water partition coefficient (Wildman–Crippen LogP) is 1.96. The Kier molecular flexibility index (Phi) is 2.81. The molecule has 0 aromatic carbocycles. The highest BCUT2D eigenvalue weighted by molar-refractivity contribution is 5.07. The summed E-state index contributed by atoms with van der Waals surface area (Å²) in [7, 11) is 0. The Morgan fingerprint density at radius 3 is 1.56 bits per heavy atom. The highest BCUT2D eigenvalue weighted by Gasteiger charge is 1.82. The van der Waals surface area contributed by atoms with Crippen molar-refractivity contribution in [3.8, 4) is 23.7 Å². The molecule has 0 aromatic rings. The molecule has 0 bridgehead atoms. The van der Waals surface area contributed by atoms with E-state index in [9.17, 15) is 0 Å². The molecular weight excluding hydrogens is 108 g/mol. The van der Waals surface area contributed by atoms with Gasteiger partial charge in [-0.1, -0.05) is 0 Å². The van der Waals surface area contributed by atoms with E-state index in [4.69, 9.17) is 0 Å². The zero-order valence-corrected chi connectivity index (χ0v) is 5.54. The molecule has 0 radical (unpaired) electrons. The van der Waals surface area contributed by atoms with E-state index >= 15 is 0 Å². The molecule has 0 spiro atoms. The van der Waals surface area contributed by atoms with Crippen LogP contribution in [0, 0.1) is 23.7 Å². The lowest BCUT2D eigenvalue weighted by Crippen LogP contribution is -1.67. The molecule has 0 N–H and O–H groups in total. The van der Waals surface area contributed by atoms with Crippen LogP contribution < -0.4 is 0 Å². The van der Waals surface area contributed by atoms with Crippen molar-refractivity contribution in [1.29, 1.82) is 0 Å². The van der Waals surface area contributed by atoms with Crippen LogP contribution in [0.1, 0.15) is 32.1 Å². The summed E-state index contributed by atoms with van der Waals surface area (Å²) >= 11 is 0. The van der Waals surface area contributed by atoms with Crippen LogP contribution in [0.15, 0.2) is 0 Å². The first kappa shape index (κ1) is 6.24. The van der Waals surface area contributed by atoms with Crippen LogP contribution >= 0.6 is 0 Å². The van der Waals surface area contributed by atoms with E-state index in [0.29, 0.717) is 0 Å². The van der Waals surface area contributed by atoms with Crippen molar-refractivity contribution in [2.45, 2.75) is 32.1 Å². The fourth-order valence-electron chi connectivity index (χ4n) is 0.744. The van der Waals surface area contributed by atoms with Crippen molar-refractivity contribution in [2.75, 3.05) is 0 Å². The average molecular weight is 118 g/mol. The molecule has 0 heteroatoms. The smallest absolute Gasteiger partial charge is 0.0198 e. The molecule has 0 unspecified atom stereocenters. The molecule has 0 atom stereocenters. The Balaban J connectivity index is 2.39. The molecule has 1 rings (SSSR count). The summed E-state index contributed by atoms with van der Waals surface area (Å²) in [5, 5.41) is 0. The highest BCUT2D eigenvalue weighted by Crippen LogP contribution is 1.95. The Hall–Kier alpha value is -0.880. The molecule has 0 aromatic heterocycles. The third kappa shape index (κ3) is 2.83. The Morgan fingerprint density at radius 1 is 0.556 bits per heavy atom. The summed E-state index contributed by atoms with van der Waals surface area (Å²) < 4.78 is 0. The maximum absolute atomic E-state index is 3.10. The summed E-state index contributed by atoms with van der Waals surface area (Å²) in [5.74, 6) is 12.3. The van der Waals surface area contributed by atoms with Gasteiger partial charge in [-0.3, -0.25) is 0 Å². The first-order chi connectivity index (χ1) is 4.50. The predicted molar refractivity (Wildman–Crippen MR) is 38.6 cm³/mol. The van der Waals surface area contributed by atoms with Crippen molar-refractivity contribution in [3.63, 3.8) is 0 Å². The van der Waals surface area contributed by atoms with Gasteiger partial charge in [-0.15, -0.1) is 23.7 Å². The van der Waals surface area contributed by atoms with Crippen LogP contribution in [-0.2, 0) is 0 Å². The summed E-state index contributed by atoms with van der Waals surface area (Å²) in [6, 6.07) is 0. The maximum Gasteiger partial charge on any atom is 0.0198 e. The van der Waals surface area contributed by atoms with Gasteiger partial charge < -0.3 is 0 Å². The fraction of sp³-hybridized carbons (Fsp3) is 0.556. The summed E-state index contributed by atoms with van der Waals surface area (Å²) in [6.45, 7) is 0. The minimum atomic E-state index is 0.965. The number of hydrogen-bond donors (Lipinski definition) is 0. The quantitative estimate of drug-likeness (QED) is 0.426. The topological polar surface area (TPSA) is 0 Å². The van der Waals surface area contributed by atoms with Gasteiger partial charge in [0.15, 0.2) is 0 Å². The lowest BCUT2D eigenvalue weighted by atomic mass is 10.2. The second-order valence-electron chi connectivity index (χ2n) is 2.06. The molecule has 0 amide bonds. The molecule has 0 aliphatic heterocycles. The van der Waals surface area contributed by atoms with E-state index < -0.39 is 0 Å². The first-order valence-electron chi connectivity index (χ1n) is 3.41. The van der Waals surface area contributed by atoms with Crippen molar-refractivity contribution < 1.29 is 0 Å².